The van der Waals surface area contributed by atoms with E-state index in [-0.39, 0.29) is 35.3 Å². The highest BCUT2D eigenvalue weighted by Crippen LogP contribution is 2.12. The van der Waals surface area contributed by atoms with Gasteiger partial charge in [0.1, 0.15) is 0 Å². The number of likely N-dealkylation sites (tertiary alicyclic amines) is 1. The van der Waals surface area contributed by atoms with Gasteiger partial charge in [-0.05, 0) is 26.2 Å². The largest absolute Gasteiger partial charge is 0.385 e. The molecule has 0 unspecified atom stereocenters. The lowest BCUT2D eigenvalue weighted by Gasteiger charge is -2.33. The molecular weight excluding hydrogens is 457 g/mol. The highest BCUT2D eigenvalue weighted by Gasteiger charge is 2.21. The van der Waals surface area contributed by atoms with Crippen molar-refractivity contribution in [3.63, 3.8) is 0 Å². The van der Waals surface area contributed by atoms with Crippen LogP contribution in [-0.4, -0.2) is 75.8 Å². The quantitative estimate of drug-likeness (QED) is 0.196. The minimum Gasteiger partial charge on any atom is -0.385 e. The van der Waals surface area contributed by atoms with Crippen molar-refractivity contribution >= 4 is 35.8 Å². The second-order valence-electron chi connectivity index (χ2n) is 7.87. The number of piperidine rings is 1. The third-order valence-corrected chi connectivity index (χ3v) is 4.44. The van der Waals surface area contributed by atoms with E-state index in [0.29, 0.717) is 19.1 Å². The van der Waals surface area contributed by atoms with Gasteiger partial charge in [-0.25, -0.2) is 0 Å². The van der Waals surface area contributed by atoms with E-state index in [2.05, 4.69) is 32.8 Å². The Bertz CT molecular complexity index is 432. The number of aliphatic imine (C=N–C) groups is 1. The number of guanidine groups is 1. The second-order valence-corrected chi connectivity index (χ2v) is 7.87. The smallest absolute Gasteiger partial charge is 0.225 e. The molecule has 1 amide bonds. The summed E-state index contributed by atoms with van der Waals surface area (Å²) in [5.74, 6) is 0.904. The summed E-state index contributed by atoms with van der Waals surface area (Å²) in [5.41, 5.74) is -0.357. The molecule has 0 aromatic rings. The number of hydrogen-bond acceptors (Lipinski definition) is 4. The number of halogens is 1. The maximum atomic E-state index is 11.9. The van der Waals surface area contributed by atoms with Crippen molar-refractivity contribution in [2.45, 2.75) is 53.0 Å². The van der Waals surface area contributed by atoms with Crippen LogP contribution >= 0.6 is 24.0 Å². The highest BCUT2D eigenvalue weighted by molar-refractivity contribution is 14.0. The highest BCUT2D eigenvalue weighted by atomic mass is 127. The lowest BCUT2D eigenvalue weighted by molar-refractivity contribution is -0.128. The molecule has 0 atom stereocenters. The Morgan fingerprint density at radius 3 is 2.44 bits per heavy atom. The molecule has 27 heavy (non-hydrogen) atoms. The van der Waals surface area contributed by atoms with Gasteiger partial charge in [-0.1, -0.05) is 20.8 Å². The van der Waals surface area contributed by atoms with Gasteiger partial charge in [0.15, 0.2) is 5.96 Å². The average molecular weight is 497 g/mol. The Kier molecular flexibility index (Phi) is 14.1. The molecule has 0 aromatic heterocycles. The zero-order valence-electron chi connectivity index (χ0n) is 17.8. The minimum absolute atomic E-state index is 0. The van der Waals surface area contributed by atoms with Crippen LogP contribution in [0.2, 0.25) is 0 Å². The summed E-state index contributed by atoms with van der Waals surface area (Å²) >= 11 is 0. The summed E-state index contributed by atoms with van der Waals surface area (Å²) in [6.45, 7) is 14.0. The van der Waals surface area contributed by atoms with Crippen LogP contribution in [0.25, 0.3) is 0 Å². The van der Waals surface area contributed by atoms with Crippen LogP contribution in [0.1, 0.15) is 47.0 Å². The van der Waals surface area contributed by atoms with Gasteiger partial charge in [0.2, 0.25) is 5.91 Å². The van der Waals surface area contributed by atoms with Gasteiger partial charge in [0.25, 0.3) is 0 Å². The van der Waals surface area contributed by atoms with Crippen LogP contribution in [0.3, 0.4) is 0 Å². The Morgan fingerprint density at radius 2 is 1.89 bits per heavy atom. The van der Waals surface area contributed by atoms with Crippen LogP contribution in [0, 0.1) is 5.41 Å². The van der Waals surface area contributed by atoms with Crippen molar-refractivity contribution in [1.29, 1.82) is 0 Å². The molecular formula is C19H40IN5O2. The molecule has 0 saturated carbocycles. The molecule has 0 aliphatic carbocycles. The number of nitrogens with one attached hydrogen (secondary N) is 3. The van der Waals surface area contributed by atoms with Crippen LogP contribution in [-0.2, 0) is 9.53 Å². The van der Waals surface area contributed by atoms with E-state index < -0.39 is 0 Å². The van der Waals surface area contributed by atoms with Crippen LogP contribution in [0.15, 0.2) is 4.99 Å². The Labute approximate surface area is 182 Å². The zero-order valence-corrected chi connectivity index (χ0v) is 20.1. The van der Waals surface area contributed by atoms with E-state index in [1.165, 1.54) is 0 Å². The van der Waals surface area contributed by atoms with Gasteiger partial charge >= 0.3 is 0 Å². The Hall–Kier alpha value is -0.610. The number of ether oxygens (including phenoxy) is 1. The number of carbonyl (C=O) groups excluding carboxylic acids is 1. The van der Waals surface area contributed by atoms with E-state index in [4.69, 9.17) is 4.74 Å². The SMILES string of the molecule is CCNC(=NCCNC(=O)C(C)(C)C)NC1CCN(CCCOC)CC1.I. The topological polar surface area (TPSA) is 78.0 Å². The monoisotopic (exact) mass is 497 g/mol. The molecule has 1 saturated heterocycles. The summed E-state index contributed by atoms with van der Waals surface area (Å²) in [6, 6.07) is 0.454. The van der Waals surface area contributed by atoms with E-state index in [1.54, 1.807) is 7.11 Å². The van der Waals surface area contributed by atoms with E-state index in [0.717, 1.165) is 58.0 Å². The number of amides is 1. The molecule has 0 spiro atoms. The lowest BCUT2D eigenvalue weighted by Crippen LogP contribution is -2.49. The first kappa shape index (κ1) is 26.4. The molecule has 1 fully saturated rings. The van der Waals surface area contributed by atoms with Gasteiger partial charge in [-0.15, -0.1) is 24.0 Å². The van der Waals surface area contributed by atoms with Gasteiger partial charge in [0, 0.05) is 57.9 Å². The number of carbonyl (C=O) groups is 1. The number of rotatable bonds is 9. The van der Waals surface area contributed by atoms with Crippen molar-refractivity contribution in [2.75, 3.05) is 53.0 Å². The molecule has 1 heterocycles. The summed E-state index contributed by atoms with van der Waals surface area (Å²) in [7, 11) is 1.76. The third kappa shape index (κ3) is 11.7. The van der Waals surface area contributed by atoms with Gasteiger partial charge < -0.3 is 25.6 Å². The standard InChI is InChI=1S/C19H39N5O2.HI/c1-6-20-18(22-11-10-21-17(25)19(2,3)4)23-16-8-13-24(14-9-16)12-7-15-26-5;/h16H,6-15H2,1-5H3,(H,21,25)(H2,20,22,23);1H. The number of hydrogen-bond donors (Lipinski definition) is 3. The summed E-state index contributed by atoms with van der Waals surface area (Å²) in [5, 5.41) is 9.77. The second kappa shape index (κ2) is 14.4. The van der Waals surface area contributed by atoms with Crippen molar-refractivity contribution in [3.8, 4) is 0 Å². The molecule has 1 aliphatic heterocycles. The van der Waals surface area contributed by atoms with Crippen LogP contribution < -0.4 is 16.0 Å². The van der Waals surface area contributed by atoms with E-state index >= 15 is 0 Å². The van der Waals surface area contributed by atoms with Crippen molar-refractivity contribution in [3.05, 3.63) is 0 Å². The Morgan fingerprint density at radius 1 is 1.22 bits per heavy atom. The van der Waals surface area contributed by atoms with Gasteiger partial charge in [-0.2, -0.15) is 0 Å². The molecule has 3 N–H and O–H groups in total. The summed E-state index contributed by atoms with van der Waals surface area (Å²) in [6.07, 6.45) is 3.34. The molecule has 160 valence electrons. The predicted molar refractivity (Wildman–Crippen MR) is 123 cm³/mol. The first-order chi connectivity index (χ1) is 12.4. The first-order valence-electron chi connectivity index (χ1n) is 9.91. The average Bonchev–Trinajstić information content (AvgIpc) is 2.59. The lowest BCUT2D eigenvalue weighted by atomic mass is 9.96. The normalized spacial score (nSPS) is 16.6. The van der Waals surface area contributed by atoms with Crippen LogP contribution in [0.5, 0.6) is 0 Å². The van der Waals surface area contributed by atoms with Crippen molar-refractivity contribution in [2.24, 2.45) is 10.4 Å². The third-order valence-electron chi connectivity index (χ3n) is 4.44. The summed E-state index contributed by atoms with van der Waals surface area (Å²) in [4.78, 5) is 19.0. The number of methoxy groups -OCH3 is 1. The molecule has 1 rings (SSSR count). The minimum atomic E-state index is -0.357. The molecule has 0 bridgehead atoms. The predicted octanol–water partition coefficient (Wildman–Crippen LogP) is 1.82. The molecule has 1 aliphatic rings. The Balaban J connectivity index is 0.00000676. The van der Waals surface area contributed by atoms with E-state index in [9.17, 15) is 4.79 Å². The fraction of sp³-hybridized carbons (Fsp3) is 0.895. The van der Waals surface area contributed by atoms with E-state index in [1.807, 2.05) is 20.8 Å². The number of nitrogens with zero attached hydrogens (tertiary/aromatic N) is 2. The molecule has 7 nitrogen and oxygen atoms in total. The van der Waals surface area contributed by atoms with Crippen molar-refractivity contribution in [1.82, 2.24) is 20.9 Å². The fourth-order valence-electron chi connectivity index (χ4n) is 2.85. The van der Waals surface area contributed by atoms with Gasteiger partial charge in [0.05, 0.1) is 6.54 Å². The zero-order chi connectivity index (χ0) is 19.4. The summed E-state index contributed by atoms with van der Waals surface area (Å²) < 4.78 is 5.12. The molecule has 0 radical (unpaired) electrons. The first-order valence-corrected chi connectivity index (χ1v) is 9.91. The van der Waals surface area contributed by atoms with Crippen molar-refractivity contribution < 1.29 is 9.53 Å². The van der Waals surface area contributed by atoms with Crippen LogP contribution in [0.4, 0.5) is 0 Å². The molecule has 8 heteroatoms. The fourth-order valence-corrected chi connectivity index (χ4v) is 2.85. The maximum absolute atomic E-state index is 11.9. The maximum Gasteiger partial charge on any atom is 0.225 e. The molecule has 0 aromatic carbocycles. The van der Waals surface area contributed by atoms with Gasteiger partial charge in [-0.3, -0.25) is 9.79 Å².